The Kier molecular flexibility index (Phi) is 3.86. The van der Waals surface area contributed by atoms with Crippen LogP contribution in [0.4, 0.5) is 0 Å². The number of hydrogen-bond donors (Lipinski definition) is 1. The summed E-state index contributed by atoms with van der Waals surface area (Å²) in [7, 11) is 0. The minimum atomic E-state index is -0.798. The molecule has 0 spiro atoms. The van der Waals surface area contributed by atoms with E-state index < -0.39 is 5.97 Å². The first-order valence-corrected chi connectivity index (χ1v) is 7.04. The molecule has 1 amide bonds. The van der Waals surface area contributed by atoms with E-state index in [0.717, 1.165) is 5.56 Å². The molecule has 7 heteroatoms. The van der Waals surface area contributed by atoms with Gasteiger partial charge in [-0.05, 0) is 25.0 Å². The van der Waals surface area contributed by atoms with Gasteiger partial charge in [0.15, 0.2) is 11.5 Å². The van der Waals surface area contributed by atoms with E-state index in [1.807, 2.05) is 0 Å². The van der Waals surface area contributed by atoms with Crippen molar-refractivity contribution in [3.8, 4) is 11.3 Å². The van der Waals surface area contributed by atoms with Crippen molar-refractivity contribution < 1.29 is 19.2 Å². The van der Waals surface area contributed by atoms with E-state index in [9.17, 15) is 9.59 Å². The summed E-state index contributed by atoms with van der Waals surface area (Å²) in [5.41, 5.74) is 1.03. The van der Waals surface area contributed by atoms with Crippen molar-refractivity contribution in [2.75, 3.05) is 13.1 Å². The summed E-state index contributed by atoms with van der Waals surface area (Å²) in [5, 5.41) is 12.8. The van der Waals surface area contributed by atoms with Crippen molar-refractivity contribution >= 4 is 11.9 Å². The average molecular weight is 301 g/mol. The predicted molar refractivity (Wildman–Crippen MR) is 76.0 cm³/mol. The lowest BCUT2D eigenvalue weighted by molar-refractivity contribution is -0.143. The first-order chi connectivity index (χ1) is 10.6. The summed E-state index contributed by atoms with van der Waals surface area (Å²) in [6.45, 7) is 0.848. The van der Waals surface area contributed by atoms with Gasteiger partial charge in [-0.15, -0.1) is 0 Å². The van der Waals surface area contributed by atoms with E-state index in [2.05, 4.69) is 10.1 Å². The highest BCUT2D eigenvalue weighted by Crippen LogP contribution is 2.22. The molecule has 0 saturated carbocycles. The van der Waals surface area contributed by atoms with Crippen molar-refractivity contribution in [1.29, 1.82) is 0 Å². The topological polar surface area (TPSA) is 96.5 Å². The quantitative estimate of drug-likeness (QED) is 0.926. The number of piperidine rings is 1. The van der Waals surface area contributed by atoms with Gasteiger partial charge in [0.2, 0.25) is 0 Å². The minimum absolute atomic E-state index is 0.229. The molecule has 0 aromatic carbocycles. The number of rotatable bonds is 3. The largest absolute Gasteiger partial charge is 0.481 e. The zero-order valence-corrected chi connectivity index (χ0v) is 11.8. The standard InChI is InChI=1S/C15H15N3O4/c19-14(18-7-3-11(4-8-18)15(20)21)12-9-13(22-17-12)10-1-5-16-6-2-10/h1-2,5-6,9,11H,3-4,7-8H2,(H,20,21). The fraction of sp³-hybridized carbons (Fsp3) is 0.333. The lowest BCUT2D eigenvalue weighted by atomic mass is 9.97. The Bertz CT molecular complexity index is 675. The van der Waals surface area contributed by atoms with Crippen LogP contribution in [0.2, 0.25) is 0 Å². The summed E-state index contributed by atoms with van der Waals surface area (Å²) in [6, 6.07) is 5.14. The maximum absolute atomic E-state index is 12.4. The molecule has 2 aromatic rings. The van der Waals surface area contributed by atoms with Crippen LogP contribution in [0, 0.1) is 5.92 Å². The van der Waals surface area contributed by atoms with Crippen LogP contribution in [-0.4, -0.2) is 45.1 Å². The number of likely N-dealkylation sites (tertiary alicyclic amines) is 1. The number of aromatic nitrogens is 2. The van der Waals surface area contributed by atoms with Gasteiger partial charge in [0.25, 0.3) is 5.91 Å². The molecule has 0 radical (unpaired) electrons. The van der Waals surface area contributed by atoms with Gasteiger partial charge in [0.1, 0.15) is 0 Å². The molecule has 2 aromatic heterocycles. The Labute approximate surface area is 126 Å². The Morgan fingerprint density at radius 2 is 1.91 bits per heavy atom. The van der Waals surface area contributed by atoms with Crippen molar-refractivity contribution in [2.24, 2.45) is 5.92 Å². The first-order valence-electron chi connectivity index (χ1n) is 7.04. The molecular weight excluding hydrogens is 286 g/mol. The second-order valence-electron chi connectivity index (χ2n) is 5.22. The van der Waals surface area contributed by atoms with Crippen LogP contribution in [0.1, 0.15) is 23.3 Å². The normalized spacial score (nSPS) is 15.7. The molecular formula is C15H15N3O4. The van der Waals surface area contributed by atoms with Gasteiger partial charge in [-0.1, -0.05) is 5.16 Å². The smallest absolute Gasteiger partial charge is 0.306 e. The molecule has 1 aliphatic heterocycles. The molecule has 1 saturated heterocycles. The maximum atomic E-state index is 12.4. The zero-order chi connectivity index (χ0) is 15.5. The molecule has 114 valence electrons. The van der Waals surface area contributed by atoms with E-state index >= 15 is 0 Å². The monoisotopic (exact) mass is 301 g/mol. The molecule has 3 heterocycles. The molecule has 1 N–H and O–H groups in total. The van der Waals surface area contributed by atoms with Crippen LogP contribution in [0.25, 0.3) is 11.3 Å². The summed E-state index contributed by atoms with van der Waals surface area (Å²) >= 11 is 0. The third kappa shape index (κ3) is 2.83. The van der Waals surface area contributed by atoms with Gasteiger partial charge in [-0.25, -0.2) is 0 Å². The van der Waals surface area contributed by atoms with Gasteiger partial charge in [0, 0.05) is 37.1 Å². The molecule has 3 rings (SSSR count). The summed E-state index contributed by atoms with van der Waals surface area (Å²) in [6.07, 6.45) is 4.21. The second-order valence-corrected chi connectivity index (χ2v) is 5.22. The van der Waals surface area contributed by atoms with Gasteiger partial charge in [-0.2, -0.15) is 0 Å². The number of carboxylic acid groups (broad SMARTS) is 1. The van der Waals surface area contributed by atoms with E-state index in [4.69, 9.17) is 9.63 Å². The Morgan fingerprint density at radius 3 is 2.55 bits per heavy atom. The van der Waals surface area contributed by atoms with Crippen molar-refractivity contribution in [2.45, 2.75) is 12.8 Å². The summed E-state index contributed by atoms with van der Waals surface area (Å²) < 4.78 is 5.20. The number of carbonyl (C=O) groups is 2. The molecule has 1 fully saturated rings. The highest BCUT2D eigenvalue weighted by atomic mass is 16.5. The van der Waals surface area contributed by atoms with Crippen LogP contribution >= 0.6 is 0 Å². The van der Waals surface area contributed by atoms with Gasteiger partial charge in [-0.3, -0.25) is 14.6 Å². The van der Waals surface area contributed by atoms with Crippen LogP contribution < -0.4 is 0 Å². The average Bonchev–Trinajstić information content (AvgIpc) is 3.05. The van der Waals surface area contributed by atoms with Crippen LogP contribution in [0.5, 0.6) is 0 Å². The predicted octanol–water partition coefficient (Wildman–Crippen LogP) is 1.67. The fourth-order valence-electron chi connectivity index (χ4n) is 2.52. The zero-order valence-electron chi connectivity index (χ0n) is 11.8. The molecule has 0 atom stereocenters. The molecule has 22 heavy (non-hydrogen) atoms. The third-order valence-corrected chi connectivity index (χ3v) is 3.83. The van der Waals surface area contributed by atoms with E-state index in [-0.39, 0.29) is 17.5 Å². The number of carboxylic acids is 1. The van der Waals surface area contributed by atoms with Gasteiger partial charge in [0.05, 0.1) is 5.92 Å². The second kappa shape index (κ2) is 5.97. The number of amides is 1. The molecule has 1 aliphatic rings. The highest BCUT2D eigenvalue weighted by Gasteiger charge is 2.28. The minimum Gasteiger partial charge on any atom is -0.481 e. The molecule has 7 nitrogen and oxygen atoms in total. The van der Waals surface area contributed by atoms with Gasteiger partial charge < -0.3 is 14.5 Å². The van der Waals surface area contributed by atoms with E-state index in [1.54, 1.807) is 35.5 Å². The Morgan fingerprint density at radius 1 is 1.23 bits per heavy atom. The first kappa shape index (κ1) is 14.2. The molecule has 0 unspecified atom stereocenters. The Balaban J connectivity index is 1.69. The van der Waals surface area contributed by atoms with E-state index in [0.29, 0.717) is 31.7 Å². The summed E-state index contributed by atoms with van der Waals surface area (Å²) in [5.74, 6) is -0.888. The maximum Gasteiger partial charge on any atom is 0.306 e. The Hall–Kier alpha value is -2.70. The molecule has 0 aliphatic carbocycles. The summed E-state index contributed by atoms with van der Waals surface area (Å²) in [4.78, 5) is 28.8. The number of pyridine rings is 1. The number of nitrogens with zero attached hydrogens (tertiary/aromatic N) is 3. The SMILES string of the molecule is O=C(O)C1CCN(C(=O)c2cc(-c3ccncc3)on2)CC1. The van der Waals surface area contributed by atoms with Crippen molar-refractivity contribution in [3.63, 3.8) is 0 Å². The van der Waals surface area contributed by atoms with Crippen LogP contribution in [0.3, 0.4) is 0 Å². The fourth-order valence-corrected chi connectivity index (χ4v) is 2.52. The highest BCUT2D eigenvalue weighted by molar-refractivity contribution is 5.93. The number of hydrogen-bond acceptors (Lipinski definition) is 5. The lowest BCUT2D eigenvalue weighted by Gasteiger charge is -2.29. The third-order valence-electron chi connectivity index (χ3n) is 3.83. The number of carbonyl (C=O) groups excluding carboxylic acids is 1. The van der Waals surface area contributed by atoms with Crippen LogP contribution in [0.15, 0.2) is 35.1 Å². The lowest BCUT2D eigenvalue weighted by Crippen LogP contribution is -2.40. The van der Waals surface area contributed by atoms with Gasteiger partial charge >= 0.3 is 5.97 Å². The van der Waals surface area contributed by atoms with Crippen LogP contribution in [-0.2, 0) is 4.79 Å². The van der Waals surface area contributed by atoms with Crippen molar-refractivity contribution in [3.05, 3.63) is 36.3 Å². The molecule has 0 bridgehead atoms. The number of aliphatic carboxylic acids is 1. The van der Waals surface area contributed by atoms with E-state index in [1.165, 1.54) is 0 Å². The van der Waals surface area contributed by atoms with Crippen molar-refractivity contribution in [1.82, 2.24) is 15.0 Å².